The summed E-state index contributed by atoms with van der Waals surface area (Å²) in [6.45, 7) is 5.64. The number of carbonyl (C=O) groups is 1. The molecule has 4 nitrogen and oxygen atoms in total. The van der Waals surface area contributed by atoms with Gasteiger partial charge in [0, 0.05) is 44.6 Å². The second-order valence-electron chi connectivity index (χ2n) is 8.52. The number of nitrogens with zero attached hydrogens (tertiary/aromatic N) is 2. The molecule has 2 heterocycles. The van der Waals surface area contributed by atoms with Gasteiger partial charge in [-0.15, -0.1) is 0 Å². The summed E-state index contributed by atoms with van der Waals surface area (Å²) < 4.78 is 13.6. The number of likely N-dealkylation sites (tertiary alicyclic amines) is 2. The fourth-order valence-electron chi connectivity index (χ4n) is 4.68. The number of piperidine rings is 2. The summed E-state index contributed by atoms with van der Waals surface area (Å²) in [5.41, 5.74) is 1.45. The topological polar surface area (TPSA) is 43.8 Å². The van der Waals surface area contributed by atoms with E-state index in [2.05, 4.69) is 4.90 Å². The third-order valence-corrected chi connectivity index (χ3v) is 6.83. The Labute approximate surface area is 155 Å². The smallest absolute Gasteiger partial charge is 0.225 e. The van der Waals surface area contributed by atoms with Crippen molar-refractivity contribution in [3.8, 4) is 0 Å². The average molecular weight is 360 g/mol. The number of aryl methyl sites for hydroxylation is 1. The van der Waals surface area contributed by atoms with E-state index in [4.69, 9.17) is 0 Å². The number of amides is 1. The summed E-state index contributed by atoms with van der Waals surface area (Å²) in [4.78, 5) is 16.9. The third-order valence-electron chi connectivity index (χ3n) is 6.83. The highest BCUT2D eigenvalue weighted by molar-refractivity contribution is 5.79. The van der Waals surface area contributed by atoms with E-state index < -0.39 is 5.60 Å². The van der Waals surface area contributed by atoms with E-state index >= 15 is 0 Å². The molecule has 2 saturated heterocycles. The largest absolute Gasteiger partial charge is 0.389 e. The Kier molecular flexibility index (Phi) is 4.78. The fraction of sp³-hybridized carbons (Fsp3) is 0.667. The summed E-state index contributed by atoms with van der Waals surface area (Å²) >= 11 is 0. The van der Waals surface area contributed by atoms with Crippen LogP contribution in [0.4, 0.5) is 4.39 Å². The molecule has 3 aliphatic rings. The zero-order valence-electron chi connectivity index (χ0n) is 15.6. The lowest BCUT2D eigenvalue weighted by atomic mass is 9.74. The Balaban J connectivity index is 1.42. The number of aliphatic hydroxyl groups is 1. The molecule has 0 bridgehead atoms. The molecule has 2 atom stereocenters. The number of halogens is 1. The van der Waals surface area contributed by atoms with Crippen LogP contribution in [0.25, 0.3) is 0 Å². The standard InChI is InChI=1S/C21H29FN2O2/c1-15-5-6-19(22)11-17(15)12-23-9-7-21(26)8-10-24(14-18(21)13-23)20(25)16-3-2-4-16/h5-6,11,16,18,26H,2-4,7-10,12-14H2,1H3/t18-,21-/m1/s1. The number of hydrogen-bond donors (Lipinski definition) is 1. The lowest BCUT2D eigenvalue weighted by Gasteiger charge is -2.51. The van der Waals surface area contributed by atoms with Gasteiger partial charge in [-0.3, -0.25) is 9.69 Å². The highest BCUT2D eigenvalue weighted by Gasteiger charge is 2.46. The second kappa shape index (κ2) is 6.93. The summed E-state index contributed by atoms with van der Waals surface area (Å²) in [5, 5.41) is 11.1. The molecule has 1 aromatic rings. The van der Waals surface area contributed by atoms with Gasteiger partial charge in [0.2, 0.25) is 5.91 Å². The van der Waals surface area contributed by atoms with Crippen LogP contribution in [0.15, 0.2) is 18.2 Å². The maximum Gasteiger partial charge on any atom is 0.225 e. The highest BCUT2D eigenvalue weighted by Crippen LogP contribution is 2.38. The molecule has 5 heteroatoms. The summed E-state index contributed by atoms with van der Waals surface area (Å²) in [5.74, 6) is 0.393. The van der Waals surface area contributed by atoms with Crippen LogP contribution in [0.1, 0.15) is 43.2 Å². The quantitative estimate of drug-likeness (QED) is 0.901. The molecule has 4 rings (SSSR count). The first-order valence-electron chi connectivity index (χ1n) is 9.93. The molecule has 0 unspecified atom stereocenters. The number of fused-ring (bicyclic) bond motifs is 1. The first kappa shape index (κ1) is 17.9. The normalized spacial score (nSPS) is 30.0. The van der Waals surface area contributed by atoms with Crippen LogP contribution in [-0.4, -0.2) is 52.6 Å². The van der Waals surface area contributed by atoms with E-state index in [1.807, 2.05) is 17.9 Å². The van der Waals surface area contributed by atoms with Crippen LogP contribution in [0.3, 0.4) is 0 Å². The zero-order chi connectivity index (χ0) is 18.3. The van der Waals surface area contributed by atoms with Crippen molar-refractivity contribution in [1.82, 2.24) is 9.80 Å². The lowest BCUT2D eigenvalue weighted by molar-refractivity contribution is -0.153. The van der Waals surface area contributed by atoms with Crippen LogP contribution in [0, 0.1) is 24.6 Å². The van der Waals surface area contributed by atoms with Crippen LogP contribution in [0.5, 0.6) is 0 Å². The van der Waals surface area contributed by atoms with Gasteiger partial charge in [0.1, 0.15) is 5.82 Å². The summed E-state index contributed by atoms with van der Waals surface area (Å²) in [7, 11) is 0. The van der Waals surface area contributed by atoms with Gasteiger partial charge in [-0.1, -0.05) is 12.5 Å². The molecule has 0 radical (unpaired) electrons. The van der Waals surface area contributed by atoms with Gasteiger partial charge in [-0.2, -0.15) is 0 Å². The molecule has 1 aliphatic carbocycles. The maximum absolute atomic E-state index is 13.6. The first-order valence-corrected chi connectivity index (χ1v) is 9.93. The van der Waals surface area contributed by atoms with Crippen molar-refractivity contribution in [3.05, 3.63) is 35.1 Å². The molecule has 0 aromatic heterocycles. The molecule has 3 fully saturated rings. The summed E-state index contributed by atoms with van der Waals surface area (Å²) in [6, 6.07) is 4.94. The minimum atomic E-state index is -0.649. The SMILES string of the molecule is Cc1ccc(F)cc1CN1CC[C@@]2(O)CCN(C(=O)C3CCC3)C[C@H]2C1. The molecule has 26 heavy (non-hydrogen) atoms. The molecular weight excluding hydrogens is 331 g/mol. The minimum absolute atomic E-state index is 0.0860. The van der Waals surface area contributed by atoms with Gasteiger partial charge >= 0.3 is 0 Å². The molecule has 142 valence electrons. The van der Waals surface area contributed by atoms with Crippen LogP contribution in [-0.2, 0) is 11.3 Å². The predicted molar refractivity (Wildman–Crippen MR) is 98.0 cm³/mol. The average Bonchev–Trinajstić information content (AvgIpc) is 2.56. The monoisotopic (exact) mass is 360 g/mol. The number of benzene rings is 1. The highest BCUT2D eigenvalue weighted by atomic mass is 19.1. The van der Waals surface area contributed by atoms with E-state index in [0.29, 0.717) is 26.1 Å². The minimum Gasteiger partial charge on any atom is -0.389 e. The lowest BCUT2D eigenvalue weighted by Crippen LogP contribution is -2.61. The van der Waals surface area contributed by atoms with Crippen LogP contribution < -0.4 is 0 Å². The molecule has 2 aliphatic heterocycles. The fourth-order valence-corrected chi connectivity index (χ4v) is 4.68. The molecule has 1 aromatic carbocycles. The molecule has 1 saturated carbocycles. The van der Waals surface area contributed by atoms with Crippen molar-refractivity contribution in [2.24, 2.45) is 11.8 Å². The van der Waals surface area contributed by atoms with Gasteiger partial charge < -0.3 is 10.0 Å². The Bertz CT molecular complexity index is 691. The van der Waals surface area contributed by atoms with Gasteiger partial charge in [0.15, 0.2) is 0 Å². The van der Waals surface area contributed by atoms with Gasteiger partial charge in [-0.25, -0.2) is 4.39 Å². The van der Waals surface area contributed by atoms with E-state index in [1.165, 1.54) is 12.5 Å². The number of rotatable bonds is 3. The Morgan fingerprint density at radius 1 is 1.27 bits per heavy atom. The predicted octanol–water partition coefficient (Wildman–Crippen LogP) is 2.72. The number of hydrogen-bond acceptors (Lipinski definition) is 3. The van der Waals surface area contributed by atoms with Crippen molar-refractivity contribution >= 4 is 5.91 Å². The van der Waals surface area contributed by atoms with Gasteiger partial charge in [-0.05, 0) is 55.9 Å². The van der Waals surface area contributed by atoms with Gasteiger partial charge in [0.25, 0.3) is 0 Å². The Morgan fingerprint density at radius 2 is 2.04 bits per heavy atom. The molecule has 1 N–H and O–H groups in total. The second-order valence-corrected chi connectivity index (χ2v) is 8.52. The van der Waals surface area contributed by atoms with Crippen molar-refractivity contribution in [3.63, 3.8) is 0 Å². The zero-order valence-corrected chi connectivity index (χ0v) is 15.6. The van der Waals surface area contributed by atoms with Crippen LogP contribution >= 0.6 is 0 Å². The Hall–Kier alpha value is -1.46. The van der Waals surface area contributed by atoms with E-state index in [9.17, 15) is 14.3 Å². The Morgan fingerprint density at radius 3 is 2.77 bits per heavy atom. The van der Waals surface area contributed by atoms with E-state index in [1.54, 1.807) is 6.07 Å². The van der Waals surface area contributed by atoms with Gasteiger partial charge in [0.05, 0.1) is 5.60 Å². The van der Waals surface area contributed by atoms with Crippen molar-refractivity contribution in [2.45, 2.75) is 51.2 Å². The summed E-state index contributed by atoms with van der Waals surface area (Å²) in [6.07, 6.45) is 4.63. The molecular formula is C21H29FN2O2. The first-order chi connectivity index (χ1) is 12.4. The van der Waals surface area contributed by atoms with E-state index in [-0.39, 0.29) is 23.6 Å². The van der Waals surface area contributed by atoms with Crippen LogP contribution in [0.2, 0.25) is 0 Å². The third kappa shape index (κ3) is 3.39. The van der Waals surface area contributed by atoms with Crippen molar-refractivity contribution < 1.29 is 14.3 Å². The maximum atomic E-state index is 13.6. The van der Waals surface area contributed by atoms with E-state index in [0.717, 1.165) is 43.5 Å². The van der Waals surface area contributed by atoms with Crippen molar-refractivity contribution in [2.75, 3.05) is 26.2 Å². The molecule has 0 spiro atoms. The number of carbonyl (C=O) groups excluding carboxylic acids is 1. The molecule has 1 amide bonds. The van der Waals surface area contributed by atoms with Crippen molar-refractivity contribution in [1.29, 1.82) is 0 Å².